The second-order valence-corrected chi connectivity index (χ2v) is 8.82. The highest BCUT2D eigenvalue weighted by atomic mass is 79.9. The van der Waals surface area contributed by atoms with Crippen molar-refractivity contribution >= 4 is 88.2 Å². The second-order valence-electron chi connectivity index (χ2n) is 6.65. The predicted molar refractivity (Wildman–Crippen MR) is 140 cm³/mol. The van der Waals surface area contributed by atoms with Crippen LogP contribution in [0, 0.1) is 0 Å². The van der Waals surface area contributed by atoms with Gasteiger partial charge in [0.25, 0.3) is 5.78 Å². The zero-order valence-corrected chi connectivity index (χ0v) is 22.6. The van der Waals surface area contributed by atoms with Gasteiger partial charge in [0.15, 0.2) is 0 Å². The SMILES string of the molecule is Brc1ccc2cc[nH]c2c1.CCOC(=O)C(=O)Cl.CCOC(=O)C(=O)c1c[nH]c2cc(Br)ccc12. The van der Waals surface area contributed by atoms with E-state index in [1.807, 2.05) is 24.4 Å². The van der Waals surface area contributed by atoms with Crippen molar-refractivity contribution in [1.29, 1.82) is 0 Å². The minimum Gasteiger partial charge on any atom is -0.460 e. The number of aromatic nitrogens is 2. The molecule has 0 spiro atoms. The summed E-state index contributed by atoms with van der Waals surface area (Å²) in [6.45, 7) is 3.63. The van der Waals surface area contributed by atoms with Crippen LogP contribution in [0.5, 0.6) is 0 Å². The first-order chi connectivity index (χ1) is 16.7. The summed E-state index contributed by atoms with van der Waals surface area (Å²) in [5, 5.41) is 0.890. The molecule has 0 bridgehead atoms. The number of benzene rings is 2. The molecular formula is C24H21Br2ClN2O6. The highest BCUT2D eigenvalue weighted by molar-refractivity contribution is 9.10. The van der Waals surface area contributed by atoms with E-state index in [9.17, 15) is 19.2 Å². The van der Waals surface area contributed by atoms with Crippen LogP contribution in [-0.4, -0.2) is 46.1 Å². The second kappa shape index (κ2) is 13.8. The summed E-state index contributed by atoms with van der Waals surface area (Å²) < 4.78 is 10.9. The number of carbonyl (C=O) groups excluding carboxylic acids is 4. The maximum Gasteiger partial charge on any atom is 0.391 e. The molecule has 0 aliphatic rings. The van der Waals surface area contributed by atoms with E-state index in [1.54, 1.807) is 19.9 Å². The lowest BCUT2D eigenvalue weighted by atomic mass is 10.1. The molecular weight excluding hydrogens is 608 g/mol. The smallest absolute Gasteiger partial charge is 0.391 e. The number of fused-ring (bicyclic) bond motifs is 2. The number of nitrogens with one attached hydrogen (secondary N) is 2. The summed E-state index contributed by atoms with van der Waals surface area (Å²) in [4.78, 5) is 49.1. The standard InChI is InChI=1S/C12H10BrNO3.C8H6BrN.C4H5ClO3/c1-2-17-12(16)11(15)9-6-14-10-5-7(13)3-4-8(9)10;9-7-2-1-6-3-4-10-8(6)5-7;1-2-8-4(7)3(5)6/h3-6,14H,2H2,1H3;1-5,10H;2H2,1H3. The number of hydrogen-bond acceptors (Lipinski definition) is 6. The Morgan fingerprint density at radius 2 is 1.43 bits per heavy atom. The Balaban J connectivity index is 0.000000204. The van der Waals surface area contributed by atoms with Crippen molar-refractivity contribution in [3.8, 4) is 0 Å². The van der Waals surface area contributed by atoms with Crippen LogP contribution in [0.15, 0.2) is 63.8 Å². The zero-order chi connectivity index (χ0) is 26.0. The van der Waals surface area contributed by atoms with Gasteiger partial charge >= 0.3 is 17.2 Å². The van der Waals surface area contributed by atoms with E-state index in [-0.39, 0.29) is 13.2 Å². The number of carbonyl (C=O) groups is 4. The Morgan fingerprint density at radius 3 is 2.03 bits per heavy atom. The molecule has 0 amide bonds. The summed E-state index contributed by atoms with van der Waals surface area (Å²) in [5.74, 6) is -2.44. The molecule has 184 valence electrons. The Hall–Kier alpha value is -2.95. The van der Waals surface area contributed by atoms with Crippen LogP contribution in [-0.2, 0) is 23.9 Å². The lowest BCUT2D eigenvalue weighted by Gasteiger charge is -1.99. The average molecular weight is 629 g/mol. The quantitative estimate of drug-likeness (QED) is 0.123. The fourth-order valence-electron chi connectivity index (χ4n) is 2.80. The van der Waals surface area contributed by atoms with Crippen molar-refractivity contribution in [3.63, 3.8) is 0 Å². The fourth-order valence-corrected chi connectivity index (χ4v) is 3.58. The van der Waals surface area contributed by atoms with Crippen LogP contribution >= 0.6 is 43.5 Å². The van der Waals surface area contributed by atoms with Gasteiger partial charge in [-0.2, -0.15) is 0 Å². The summed E-state index contributed by atoms with van der Waals surface area (Å²) in [6.07, 6.45) is 3.47. The van der Waals surface area contributed by atoms with E-state index in [2.05, 4.69) is 69.5 Å². The van der Waals surface area contributed by atoms with Gasteiger partial charge in [-0.15, -0.1) is 0 Å². The van der Waals surface area contributed by atoms with E-state index in [0.29, 0.717) is 10.9 Å². The van der Waals surface area contributed by atoms with Crippen LogP contribution < -0.4 is 0 Å². The molecule has 0 saturated heterocycles. The van der Waals surface area contributed by atoms with Crippen LogP contribution in [0.2, 0.25) is 0 Å². The van der Waals surface area contributed by atoms with Crippen LogP contribution in [0.1, 0.15) is 24.2 Å². The molecule has 2 N–H and O–H groups in total. The van der Waals surface area contributed by atoms with Crippen LogP contribution in [0.25, 0.3) is 21.8 Å². The number of H-pyrrole nitrogens is 2. The van der Waals surface area contributed by atoms with E-state index in [1.165, 1.54) is 17.1 Å². The molecule has 0 unspecified atom stereocenters. The lowest BCUT2D eigenvalue weighted by molar-refractivity contribution is -0.149. The molecule has 0 saturated carbocycles. The fraction of sp³-hybridized carbons (Fsp3) is 0.167. The Kier molecular flexibility index (Phi) is 11.2. The molecule has 0 aliphatic heterocycles. The van der Waals surface area contributed by atoms with Crippen molar-refractivity contribution in [2.75, 3.05) is 13.2 Å². The predicted octanol–water partition coefficient (Wildman–Crippen LogP) is 5.92. The Bertz CT molecular complexity index is 1350. The van der Waals surface area contributed by atoms with Gasteiger partial charge in [-0.25, -0.2) is 9.59 Å². The van der Waals surface area contributed by atoms with Crippen molar-refractivity contribution in [2.45, 2.75) is 13.8 Å². The number of rotatable bonds is 5. The Morgan fingerprint density at radius 1 is 0.829 bits per heavy atom. The minimum absolute atomic E-state index is 0.178. The lowest BCUT2D eigenvalue weighted by Crippen LogP contribution is -2.17. The number of ketones is 1. The van der Waals surface area contributed by atoms with E-state index >= 15 is 0 Å². The third kappa shape index (κ3) is 8.34. The summed E-state index contributed by atoms with van der Waals surface area (Å²) in [5.41, 5.74) is 2.31. The molecule has 11 heteroatoms. The number of aromatic amines is 2. The average Bonchev–Trinajstić information content (AvgIpc) is 3.45. The Labute approximate surface area is 222 Å². The molecule has 2 aromatic carbocycles. The molecule has 2 aromatic heterocycles. The molecule has 35 heavy (non-hydrogen) atoms. The van der Waals surface area contributed by atoms with Gasteiger partial charge in [-0.05, 0) is 61.2 Å². The normalized spacial score (nSPS) is 9.97. The summed E-state index contributed by atoms with van der Waals surface area (Å²) >= 11 is 11.4. The maximum atomic E-state index is 11.8. The minimum atomic E-state index is -1.08. The highest BCUT2D eigenvalue weighted by Gasteiger charge is 2.20. The van der Waals surface area contributed by atoms with Crippen molar-refractivity contribution in [1.82, 2.24) is 9.97 Å². The zero-order valence-electron chi connectivity index (χ0n) is 18.7. The van der Waals surface area contributed by atoms with Gasteiger partial charge in [0.1, 0.15) is 0 Å². The molecule has 0 radical (unpaired) electrons. The van der Waals surface area contributed by atoms with Gasteiger partial charge in [-0.3, -0.25) is 9.59 Å². The van der Waals surface area contributed by atoms with Crippen LogP contribution in [0.3, 0.4) is 0 Å². The van der Waals surface area contributed by atoms with Crippen LogP contribution in [0.4, 0.5) is 0 Å². The molecule has 0 aliphatic carbocycles. The molecule has 0 atom stereocenters. The first kappa shape index (κ1) is 28.3. The summed E-state index contributed by atoms with van der Waals surface area (Å²) in [6, 6.07) is 13.7. The van der Waals surface area contributed by atoms with Gasteiger partial charge < -0.3 is 19.4 Å². The molecule has 0 fully saturated rings. The summed E-state index contributed by atoms with van der Waals surface area (Å²) in [7, 11) is 0. The molecule has 8 nitrogen and oxygen atoms in total. The first-order valence-electron chi connectivity index (χ1n) is 10.2. The number of Topliss-reactive ketones (excluding diaryl/α,β-unsaturated/α-hetero) is 1. The number of halogens is 3. The molecule has 4 rings (SSSR count). The van der Waals surface area contributed by atoms with Crippen molar-refractivity contribution in [3.05, 3.63) is 69.4 Å². The number of hydrogen-bond donors (Lipinski definition) is 2. The van der Waals surface area contributed by atoms with E-state index in [0.717, 1.165) is 14.5 Å². The topological polar surface area (TPSA) is 118 Å². The first-order valence-corrected chi connectivity index (χ1v) is 12.2. The van der Waals surface area contributed by atoms with E-state index < -0.39 is 23.0 Å². The van der Waals surface area contributed by atoms with Gasteiger partial charge in [0, 0.05) is 37.8 Å². The number of ether oxygens (including phenoxy) is 2. The van der Waals surface area contributed by atoms with Crippen molar-refractivity contribution < 1.29 is 28.7 Å². The van der Waals surface area contributed by atoms with Gasteiger partial charge in [0.05, 0.1) is 18.8 Å². The largest absolute Gasteiger partial charge is 0.460 e. The van der Waals surface area contributed by atoms with E-state index in [4.69, 9.17) is 11.6 Å². The van der Waals surface area contributed by atoms with Gasteiger partial charge in [-0.1, -0.05) is 44.0 Å². The maximum absolute atomic E-state index is 11.8. The van der Waals surface area contributed by atoms with Gasteiger partial charge in [0.2, 0.25) is 0 Å². The third-order valence-corrected chi connectivity index (χ3v) is 5.44. The molecule has 4 aromatic rings. The molecule has 2 heterocycles. The van der Waals surface area contributed by atoms with Crippen molar-refractivity contribution in [2.24, 2.45) is 0 Å². The highest BCUT2D eigenvalue weighted by Crippen LogP contribution is 2.23. The number of esters is 2. The monoisotopic (exact) mass is 626 g/mol. The third-order valence-electron chi connectivity index (χ3n) is 4.30.